The van der Waals surface area contributed by atoms with Crippen LogP contribution in [0.25, 0.3) is 0 Å². The molecule has 0 radical (unpaired) electrons. The molecule has 0 aliphatic rings. The molecule has 0 bridgehead atoms. The van der Waals surface area contributed by atoms with Gasteiger partial charge >= 0.3 is 0 Å². The van der Waals surface area contributed by atoms with E-state index in [0.29, 0.717) is 18.0 Å². The molecule has 0 aromatic heterocycles. The predicted molar refractivity (Wildman–Crippen MR) is 80.0 cm³/mol. The Balaban J connectivity index is 2.79. The molecular weight excluding hydrogens is 238 g/mol. The fourth-order valence-corrected chi connectivity index (χ4v) is 2.13. The van der Waals surface area contributed by atoms with E-state index < -0.39 is 0 Å². The Labute approximate surface area is 117 Å². The van der Waals surface area contributed by atoms with Crippen molar-refractivity contribution in [2.24, 2.45) is 5.92 Å². The van der Waals surface area contributed by atoms with Crippen LogP contribution in [0.5, 0.6) is 11.5 Å². The van der Waals surface area contributed by atoms with E-state index in [2.05, 4.69) is 39.1 Å². The molecule has 1 rings (SSSR count). The van der Waals surface area contributed by atoms with Gasteiger partial charge in [-0.05, 0) is 37.5 Å². The minimum atomic E-state index is 0.295. The van der Waals surface area contributed by atoms with Crippen LogP contribution in [0.2, 0.25) is 0 Å². The van der Waals surface area contributed by atoms with E-state index in [1.54, 1.807) is 14.2 Å². The highest BCUT2D eigenvalue weighted by atomic mass is 16.5. The zero-order valence-electron chi connectivity index (χ0n) is 13.0. The lowest BCUT2D eigenvalue weighted by molar-refractivity contribution is 0.348. The van der Waals surface area contributed by atoms with Crippen molar-refractivity contribution in [1.82, 2.24) is 5.32 Å². The first-order valence-electron chi connectivity index (χ1n) is 7.01. The maximum absolute atomic E-state index is 5.35. The molecule has 1 aromatic carbocycles. The molecule has 0 spiro atoms. The topological polar surface area (TPSA) is 30.5 Å². The van der Waals surface area contributed by atoms with Crippen molar-refractivity contribution in [3.8, 4) is 11.5 Å². The second kappa shape index (κ2) is 7.39. The molecule has 0 saturated carbocycles. The van der Waals surface area contributed by atoms with Gasteiger partial charge in [0.2, 0.25) is 0 Å². The maximum atomic E-state index is 5.35. The number of rotatable bonds is 7. The highest BCUT2D eigenvalue weighted by molar-refractivity contribution is 5.43. The normalized spacial score (nSPS) is 15.7. The standard InChI is InChI=1S/C16H27NO2/c1-7-11(2)12(3)17-13(4)14-8-9-15(18-5)16(10-14)19-6/h8-13,17H,7H2,1-6H3. The summed E-state index contributed by atoms with van der Waals surface area (Å²) in [4.78, 5) is 0. The third-order valence-corrected chi connectivity index (χ3v) is 3.92. The maximum Gasteiger partial charge on any atom is 0.161 e. The average Bonchev–Trinajstić information content (AvgIpc) is 2.45. The van der Waals surface area contributed by atoms with Crippen molar-refractivity contribution >= 4 is 0 Å². The summed E-state index contributed by atoms with van der Waals surface area (Å²) in [6.45, 7) is 8.93. The number of ether oxygens (including phenoxy) is 2. The molecule has 1 aromatic rings. The second-order valence-corrected chi connectivity index (χ2v) is 5.18. The lowest BCUT2D eigenvalue weighted by atomic mass is 9.98. The summed E-state index contributed by atoms with van der Waals surface area (Å²) in [6.07, 6.45) is 1.19. The van der Waals surface area contributed by atoms with Crippen molar-refractivity contribution in [2.45, 2.75) is 46.2 Å². The Kier molecular flexibility index (Phi) is 6.16. The molecule has 3 nitrogen and oxygen atoms in total. The van der Waals surface area contributed by atoms with Crippen LogP contribution in [-0.2, 0) is 0 Å². The lowest BCUT2D eigenvalue weighted by Crippen LogP contribution is -2.33. The van der Waals surface area contributed by atoms with Crippen LogP contribution in [-0.4, -0.2) is 20.3 Å². The van der Waals surface area contributed by atoms with Crippen LogP contribution in [0, 0.1) is 5.92 Å². The largest absolute Gasteiger partial charge is 0.493 e. The molecule has 0 heterocycles. The van der Waals surface area contributed by atoms with Crippen LogP contribution in [0.4, 0.5) is 0 Å². The zero-order valence-corrected chi connectivity index (χ0v) is 13.0. The third kappa shape index (κ3) is 4.13. The summed E-state index contributed by atoms with van der Waals surface area (Å²) in [5, 5.41) is 3.64. The van der Waals surface area contributed by atoms with Gasteiger partial charge in [0.05, 0.1) is 14.2 Å². The first-order chi connectivity index (χ1) is 9.03. The summed E-state index contributed by atoms with van der Waals surface area (Å²) in [6, 6.07) is 6.87. The number of nitrogens with one attached hydrogen (secondary N) is 1. The predicted octanol–water partition coefficient (Wildman–Crippen LogP) is 3.79. The van der Waals surface area contributed by atoms with E-state index in [0.717, 1.165) is 11.5 Å². The Morgan fingerprint density at radius 2 is 1.68 bits per heavy atom. The van der Waals surface area contributed by atoms with Crippen molar-refractivity contribution in [1.29, 1.82) is 0 Å². The fourth-order valence-electron chi connectivity index (χ4n) is 2.13. The molecule has 3 heteroatoms. The molecule has 3 unspecified atom stereocenters. The highest BCUT2D eigenvalue weighted by Gasteiger charge is 2.15. The van der Waals surface area contributed by atoms with Crippen molar-refractivity contribution in [3.63, 3.8) is 0 Å². The van der Waals surface area contributed by atoms with Gasteiger partial charge < -0.3 is 14.8 Å². The molecule has 0 aliphatic heterocycles. The van der Waals surface area contributed by atoms with Gasteiger partial charge in [0.15, 0.2) is 11.5 Å². The smallest absolute Gasteiger partial charge is 0.161 e. The molecule has 0 aliphatic carbocycles. The van der Waals surface area contributed by atoms with Gasteiger partial charge in [-0.1, -0.05) is 26.3 Å². The average molecular weight is 265 g/mol. The fraction of sp³-hybridized carbons (Fsp3) is 0.625. The number of hydrogen-bond donors (Lipinski definition) is 1. The quantitative estimate of drug-likeness (QED) is 0.813. The summed E-state index contributed by atoms with van der Waals surface area (Å²) in [5.74, 6) is 2.22. The number of methoxy groups -OCH3 is 2. The van der Waals surface area contributed by atoms with Crippen LogP contribution >= 0.6 is 0 Å². The molecule has 19 heavy (non-hydrogen) atoms. The minimum absolute atomic E-state index is 0.295. The Morgan fingerprint density at radius 3 is 2.21 bits per heavy atom. The number of hydrogen-bond acceptors (Lipinski definition) is 3. The number of benzene rings is 1. The molecular formula is C16H27NO2. The molecule has 0 amide bonds. The Hall–Kier alpha value is -1.22. The van der Waals surface area contributed by atoms with E-state index >= 15 is 0 Å². The SMILES string of the molecule is CCC(C)C(C)NC(C)c1ccc(OC)c(OC)c1. The molecule has 0 saturated heterocycles. The van der Waals surface area contributed by atoms with Crippen LogP contribution in [0.1, 0.15) is 45.7 Å². The van der Waals surface area contributed by atoms with E-state index in [4.69, 9.17) is 9.47 Å². The van der Waals surface area contributed by atoms with Crippen molar-refractivity contribution in [2.75, 3.05) is 14.2 Å². The van der Waals surface area contributed by atoms with Crippen LogP contribution in [0.3, 0.4) is 0 Å². The van der Waals surface area contributed by atoms with Gasteiger partial charge in [0, 0.05) is 12.1 Å². The first kappa shape index (κ1) is 15.8. The van der Waals surface area contributed by atoms with Crippen molar-refractivity contribution < 1.29 is 9.47 Å². The highest BCUT2D eigenvalue weighted by Crippen LogP contribution is 2.30. The van der Waals surface area contributed by atoms with Crippen molar-refractivity contribution in [3.05, 3.63) is 23.8 Å². The van der Waals surface area contributed by atoms with E-state index in [-0.39, 0.29) is 0 Å². The van der Waals surface area contributed by atoms with Gasteiger partial charge in [0.25, 0.3) is 0 Å². The molecule has 0 fully saturated rings. The van der Waals surface area contributed by atoms with Gasteiger partial charge in [0.1, 0.15) is 0 Å². The van der Waals surface area contributed by atoms with E-state index in [1.807, 2.05) is 12.1 Å². The van der Waals surface area contributed by atoms with Gasteiger partial charge in [-0.25, -0.2) is 0 Å². The third-order valence-electron chi connectivity index (χ3n) is 3.92. The summed E-state index contributed by atoms with van der Waals surface area (Å²) >= 11 is 0. The van der Waals surface area contributed by atoms with E-state index in [9.17, 15) is 0 Å². The second-order valence-electron chi connectivity index (χ2n) is 5.18. The van der Waals surface area contributed by atoms with Gasteiger partial charge in [-0.15, -0.1) is 0 Å². The van der Waals surface area contributed by atoms with Gasteiger partial charge in [-0.2, -0.15) is 0 Å². The van der Waals surface area contributed by atoms with Crippen LogP contribution < -0.4 is 14.8 Å². The lowest BCUT2D eigenvalue weighted by Gasteiger charge is -2.25. The molecule has 1 N–H and O–H groups in total. The molecule has 3 atom stereocenters. The Bertz CT molecular complexity index is 392. The zero-order chi connectivity index (χ0) is 14.4. The monoisotopic (exact) mass is 265 g/mol. The summed E-state index contributed by atoms with van der Waals surface area (Å²) < 4.78 is 10.6. The van der Waals surface area contributed by atoms with E-state index in [1.165, 1.54) is 12.0 Å². The van der Waals surface area contributed by atoms with Crippen LogP contribution in [0.15, 0.2) is 18.2 Å². The molecule has 108 valence electrons. The van der Waals surface area contributed by atoms with Gasteiger partial charge in [-0.3, -0.25) is 0 Å². The summed E-state index contributed by atoms with van der Waals surface area (Å²) in [5.41, 5.74) is 1.22. The first-order valence-corrected chi connectivity index (χ1v) is 7.01. The summed E-state index contributed by atoms with van der Waals surface area (Å²) in [7, 11) is 3.33. The Morgan fingerprint density at radius 1 is 1.05 bits per heavy atom. The minimum Gasteiger partial charge on any atom is -0.493 e.